The number of nitrogens with zero attached hydrogens (tertiary/aromatic N) is 2. The Hall–Kier alpha value is -0.500. The quantitative estimate of drug-likeness (QED) is 0.654. The SMILES string of the molecule is CCOP(N)(=O)N1CCN(C(=O)C(C)(C)OCC(C)(C)O)CC1. The largest absolute Gasteiger partial charge is 0.388 e. The average Bonchev–Trinajstić information content (AvgIpc) is 2.44. The minimum Gasteiger partial charge on any atom is -0.388 e. The molecule has 1 aliphatic rings. The van der Waals surface area contributed by atoms with Crippen LogP contribution >= 0.6 is 7.67 Å². The standard InChI is InChI=1S/C14H30N3O5P/c1-6-22-23(15,20)17-9-7-16(8-10-17)12(18)14(4,5)21-11-13(2,3)19/h19H,6-11H2,1-5H3,(H2,15,20). The molecule has 3 N–H and O–H groups in total. The summed E-state index contributed by atoms with van der Waals surface area (Å²) in [5.74, 6) is -0.162. The Labute approximate surface area is 138 Å². The lowest BCUT2D eigenvalue weighted by Crippen LogP contribution is -2.55. The molecule has 136 valence electrons. The summed E-state index contributed by atoms with van der Waals surface area (Å²) in [4.78, 5) is 14.2. The van der Waals surface area contributed by atoms with E-state index >= 15 is 0 Å². The van der Waals surface area contributed by atoms with Crippen molar-refractivity contribution in [3.63, 3.8) is 0 Å². The van der Waals surface area contributed by atoms with E-state index in [-0.39, 0.29) is 19.1 Å². The van der Waals surface area contributed by atoms with Crippen molar-refractivity contribution in [3.05, 3.63) is 0 Å². The number of hydrogen-bond acceptors (Lipinski definition) is 5. The molecule has 0 bridgehead atoms. The Morgan fingerprint density at radius 2 is 1.74 bits per heavy atom. The van der Waals surface area contributed by atoms with Gasteiger partial charge in [-0.15, -0.1) is 0 Å². The molecule has 0 radical (unpaired) electrons. The number of piperazine rings is 1. The summed E-state index contributed by atoms with van der Waals surface area (Å²) in [5.41, 5.74) is 3.67. The second-order valence-electron chi connectivity index (χ2n) is 6.84. The van der Waals surface area contributed by atoms with Gasteiger partial charge >= 0.3 is 7.67 Å². The van der Waals surface area contributed by atoms with Crippen LogP contribution in [-0.2, 0) is 18.6 Å². The lowest BCUT2D eigenvalue weighted by atomic mass is 10.1. The minimum atomic E-state index is -3.27. The first kappa shape index (κ1) is 20.5. The lowest BCUT2D eigenvalue weighted by Gasteiger charge is -2.39. The maximum Gasteiger partial charge on any atom is 0.340 e. The molecule has 0 aromatic carbocycles. The van der Waals surface area contributed by atoms with Crippen LogP contribution in [0.15, 0.2) is 0 Å². The normalized spacial score (nSPS) is 20.4. The zero-order valence-electron chi connectivity index (χ0n) is 14.7. The van der Waals surface area contributed by atoms with Gasteiger partial charge in [-0.25, -0.2) is 10.2 Å². The third-order valence-corrected chi connectivity index (χ3v) is 5.37. The van der Waals surface area contributed by atoms with Crippen molar-refractivity contribution in [3.8, 4) is 0 Å². The smallest absolute Gasteiger partial charge is 0.340 e. The molecule has 1 aliphatic heterocycles. The molecule has 9 heteroatoms. The fourth-order valence-corrected chi connectivity index (χ4v) is 3.51. The van der Waals surface area contributed by atoms with E-state index in [1.165, 1.54) is 0 Å². The Bertz CT molecular complexity index is 456. The Morgan fingerprint density at radius 1 is 1.22 bits per heavy atom. The third kappa shape index (κ3) is 6.14. The van der Waals surface area contributed by atoms with Crippen molar-refractivity contribution in [2.75, 3.05) is 39.4 Å². The van der Waals surface area contributed by atoms with E-state index in [1.54, 1.807) is 44.2 Å². The summed E-state index contributed by atoms with van der Waals surface area (Å²) in [5, 5.41) is 9.73. The number of amides is 1. The molecular formula is C14H30N3O5P. The number of carbonyl (C=O) groups is 1. The maximum atomic E-state index is 12.6. The zero-order valence-corrected chi connectivity index (χ0v) is 15.6. The Kier molecular flexibility index (Phi) is 6.78. The summed E-state index contributed by atoms with van der Waals surface area (Å²) < 4.78 is 24.5. The summed E-state index contributed by atoms with van der Waals surface area (Å²) >= 11 is 0. The van der Waals surface area contributed by atoms with Gasteiger partial charge in [-0.05, 0) is 34.6 Å². The minimum absolute atomic E-state index is 0.0635. The molecule has 1 amide bonds. The van der Waals surface area contributed by atoms with Gasteiger partial charge in [0.1, 0.15) is 5.60 Å². The Balaban J connectivity index is 2.59. The number of carbonyl (C=O) groups excluding carboxylic acids is 1. The van der Waals surface area contributed by atoms with E-state index in [2.05, 4.69) is 0 Å². The van der Waals surface area contributed by atoms with E-state index < -0.39 is 18.9 Å². The number of ether oxygens (including phenoxy) is 1. The van der Waals surface area contributed by atoms with Crippen molar-refractivity contribution in [1.82, 2.24) is 9.57 Å². The van der Waals surface area contributed by atoms with Crippen LogP contribution < -0.4 is 5.50 Å². The van der Waals surface area contributed by atoms with Gasteiger partial charge in [0.25, 0.3) is 5.91 Å². The van der Waals surface area contributed by atoms with E-state index in [9.17, 15) is 14.5 Å². The van der Waals surface area contributed by atoms with Gasteiger partial charge in [0.05, 0.1) is 18.8 Å². The van der Waals surface area contributed by atoms with E-state index in [1.807, 2.05) is 0 Å². The number of aliphatic hydroxyl groups is 1. The molecular weight excluding hydrogens is 321 g/mol. The molecule has 1 atom stereocenters. The van der Waals surface area contributed by atoms with E-state index in [4.69, 9.17) is 14.8 Å². The molecule has 1 heterocycles. The molecule has 0 saturated carbocycles. The van der Waals surface area contributed by atoms with Crippen molar-refractivity contribution >= 4 is 13.6 Å². The molecule has 1 fully saturated rings. The second kappa shape index (κ2) is 7.59. The van der Waals surface area contributed by atoms with Crippen molar-refractivity contribution in [2.45, 2.75) is 45.8 Å². The number of nitrogens with two attached hydrogens (primary N) is 1. The predicted molar refractivity (Wildman–Crippen MR) is 87.9 cm³/mol. The van der Waals surface area contributed by atoms with Gasteiger partial charge in [-0.2, -0.15) is 0 Å². The first-order valence-corrected chi connectivity index (χ1v) is 9.48. The van der Waals surface area contributed by atoms with Crippen molar-refractivity contribution < 1.29 is 23.7 Å². The van der Waals surface area contributed by atoms with Crippen LogP contribution in [0.2, 0.25) is 0 Å². The Morgan fingerprint density at radius 3 is 2.17 bits per heavy atom. The summed E-state index contributed by atoms with van der Waals surface area (Å²) in [7, 11) is -3.27. The van der Waals surface area contributed by atoms with Gasteiger partial charge in [-0.3, -0.25) is 9.36 Å². The van der Waals surface area contributed by atoms with Gasteiger partial charge in [0.2, 0.25) is 0 Å². The van der Waals surface area contributed by atoms with E-state index in [0.717, 1.165) is 0 Å². The highest BCUT2D eigenvalue weighted by molar-refractivity contribution is 7.53. The first-order valence-electron chi connectivity index (χ1n) is 7.83. The van der Waals surface area contributed by atoms with Gasteiger partial charge in [-0.1, -0.05) is 0 Å². The van der Waals surface area contributed by atoms with Gasteiger partial charge < -0.3 is 19.3 Å². The number of hydrogen-bond donors (Lipinski definition) is 2. The maximum absolute atomic E-state index is 12.6. The molecule has 1 rings (SSSR count). The fraction of sp³-hybridized carbons (Fsp3) is 0.929. The monoisotopic (exact) mass is 351 g/mol. The molecule has 0 aromatic rings. The van der Waals surface area contributed by atoms with Crippen LogP contribution in [0.25, 0.3) is 0 Å². The van der Waals surface area contributed by atoms with Gasteiger partial charge in [0, 0.05) is 26.2 Å². The van der Waals surface area contributed by atoms with Gasteiger partial charge in [0.15, 0.2) is 0 Å². The molecule has 8 nitrogen and oxygen atoms in total. The van der Waals surface area contributed by atoms with Crippen LogP contribution in [-0.4, -0.2) is 71.2 Å². The summed E-state index contributed by atoms with van der Waals surface area (Å²) in [6, 6.07) is 0. The van der Waals surface area contributed by atoms with Crippen LogP contribution in [0.1, 0.15) is 34.6 Å². The molecule has 1 saturated heterocycles. The fourth-order valence-electron chi connectivity index (χ4n) is 2.24. The molecule has 1 unspecified atom stereocenters. The van der Waals surface area contributed by atoms with Crippen molar-refractivity contribution in [1.29, 1.82) is 0 Å². The zero-order chi connectivity index (χ0) is 17.9. The second-order valence-corrected chi connectivity index (χ2v) is 8.79. The summed E-state index contributed by atoms with van der Waals surface area (Å²) in [6.45, 7) is 10.3. The lowest BCUT2D eigenvalue weighted by molar-refractivity contribution is -0.162. The van der Waals surface area contributed by atoms with Crippen molar-refractivity contribution in [2.24, 2.45) is 5.50 Å². The highest BCUT2D eigenvalue weighted by Crippen LogP contribution is 2.42. The van der Waals surface area contributed by atoms with Crippen LogP contribution in [0.5, 0.6) is 0 Å². The van der Waals surface area contributed by atoms with E-state index in [0.29, 0.717) is 26.2 Å². The average molecular weight is 351 g/mol. The van der Waals surface area contributed by atoms with Crippen LogP contribution in [0.4, 0.5) is 0 Å². The highest BCUT2D eigenvalue weighted by atomic mass is 31.2. The summed E-state index contributed by atoms with van der Waals surface area (Å²) in [6.07, 6.45) is 0. The van der Waals surface area contributed by atoms with Crippen LogP contribution in [0, 0.1) is 0 Å². The molecule has 0 aromatic heterocycles. The number of rotatable bonds is 7. The molecule has 23 heavy (non-hydrogen) atoms. The third-order valence-electron chi connectivity index (χ3n) is 3.55. The van der Waals surface area contributed by atoms with Crippen LogP contribution in [0.3, 0.4) is 0 Å². The predicted octanol–water partition coefficient (Wildman–Crippen LogP) is 0.800. The molecule has 0 spiro atoms. The molecule has 0 aliphatic carbocycles. The first-order chi connectivity index (χ1) is 10.4. The highest BCUT2D eigenvalue weighted by Gasteiger charge is 2.38. The topological polar surface area (TPSA) is 105 Å².